The molecule has 0 spiro atoms. The molecule has 0 bridgehead atoms. The number of aromatic nitrogens is 1. The third-order valence-electron chi connectivity index (χ3n) is 1.17. The van der Waals surface area contributed by atoms with Gasteiger partial charge in [-0.3, -0.25) is 4.98 Å². The van der Waals surface area contributed by atoms with E-state index in [2.05, 4.69) is 25.7 Å². The van der Waals surface area contributed by atoms with Gasteiger partial charge in [0, 0.05) is 16.9 Å². The third-order valence-corrected chi connectivity index (χ3v) is 1.86. The Morgan fingerprint density at radius 1 is 1.73 bits per heavy atom. The summed E-state index contributed by atoms with van der Waals surface area (Å²) in [5.74, 6) is -0.384. The van der Waals surface area contributed by atoms with Crippen LogP contribution in [0.5, 0.6) is 0 Å². The summed E-state index contributed by atoms with van der Waals surface area (Å²) in [7, 11) is 1.34. The molecule has 0 fully saturated rings. The van der Waals surface area contributed by atoms with Crippen molar-refractivity contribution in [3.8, 4) is 0 Å². The standard InChI is InChI=1S/C7H6BrNO2/c1-11-7(10)5-4-9-3-2-6(5)8/h2-4H,1H3. The van der Waals surface area contributed by atoms with Crippen molar-refractivity contribution in [1.82, 2.24) is 4.98 Å². The number of halogens is 1. The number of hydrogen-bond donors (Lipinski definition) is 0. The van der Waals surface area contributed by atoms with E-state index in [9.17, 15) is 4.79 Å². The zero-order chi connectivity index (χ0) is 8.27. The number of carbonyl (C=O) groups excluding carboxylic acids is 1. The molecule has 0 radical (unpaired) electrons. The first kappa shape index (κ1) is 8.20. The minimum atomic E-state index is -0.384. The fraction of sp³-hybridized carbons (Fsp3) is 0.143. The lowest BCUT2D eigenvalue weighted by Crippen LogP contribution is -2.02. The molecule has 11 heavy (non-hydrogen) atoms. The van der Waals surface area contributed by atoms with Crippen molar-refractivity contribution in [2.45, 2.75) is 0 Å². The second-order valence-corrected chi connectivity index (χ2v) is 2.70. The highest BCUT2D eigenvalue weighted by Crippen LogP contribution is 2.14. The van der Waals surface area contributed by atoms with Gasteiger partial charge in [0.2, 0.25) is 0 Å². The molecule has 1 aromatic heterocycles. The Morgan fingerprint density at radius 2 is 2.45 bits per heavy atom. The molecule has 0 aromatic carbocycles. The highest BCUT2D eigenvalue weighted by atomic mass is 79.9. The van der Waals surface area contributed by atoms with Crippen molar-refractivity contribution in [3.63, 3.8) is 0 Å². The maximum atomic E-state index is 10.9. The summed E-state index contributed by atoms with van der Waals surface area (Å²) in [6, 6.07) is 1.69. The van der Waals surface area contributed by atoms with E-state index in [1.54, 1.807) is 12.3 Å². The maximum absolute atomic E-state index is 10.9. The second kappa shape index (κ2) is 3.48. The first-order chi connectivity index (χ1) is 5.25. The van der Waals surface area contributed by atoms with Crippen molar-refractivity contribution in [2.24, 2.45) is 0 Å². The molecular weight excluding hydrogens is 210 g/mol. The van der Waals surface area contributed by atoms with E-state index in [4.69, 9.17) is 0 Å². The van der Waals surface area contributed by atoms with Gasteiger partial charge in [-0.15, -0.1) is 0 Å². The van der Waals surface area contributed by atoms with Crippen LogP contribution in [0.3, 0.4) is 0 Å². The normalized spacial score (nSPS) is 9.27. The number of nitrogens with zero attached hydrogens (tertiary/aromatic N) is 1. The van der Waals surface area contributed by atoms with Gasteiger partial charge in [0.15, 0.2) is 0 Å². The predicted octanol–water partition coefficient (Wildman–Crippen LogP) is 1.63. The first-order valence-corrected chi connectivity index (χ1v) is 3.73. The van der Waals surface area contributed by atoms with Gasteiger partial charge < -0.3 is 4.74 Å². The molecule has 0 saturated heterocycles. The lowest BCUT2D eigenvalue weighted by molar-refractivity contribution is 0.0599. The molecule has 0 aliphatic carbocycles. The van der Waals surface area contributed by atoms with E-state index in [0.29, 0.717) is 10.0 Å². The number of carbonyl (C=O) groups is 1. The summed E-state index contributed by atoms with van der Waals surface area (Å²) in [5, 5.41) is 0. The lowest BCUT2D eigenvalue weighted by atomic mass is 10.3. The molecule has 0 aliphatic rings. The molecule has 4 heteroatoms. The maximum Gasteiger partial charge on any atom is 0.340 e. The molecule has 0 N–H and O–H groups in total. The Balaban J connectivity index is 3.03. The smallest absolute Gasteiger partial charge is 0.340 e. The van der Waals surface area contributed by atoms with Gasteiger partial charge in [0.1, 0.15) is 0 Å². The molecule has 0 atom stereocenters. The van der Waals surface area contributed by atoms with Crippen molar-refractivity contribution < 1.29 is 9.53 Å². The Morgan fingerprint density at radius 3 is 3.00 bits per heavy atom. The van der Waals surface area contributed by atoms with Gasteiger partial charge in [-0.05, 0) is 22.0 Å². The van der Waals surface area contributed by atoms with E-state index < -0.39 is 0 Å². The minimum Gasteiger partial charge on any atom is -0.465 e. The summed E-state index contributed by atoms with van der Waals surface area (Å²) in [5.41, 5.74) is 0.440. The van der Waals surface area contributed by atoms with E-state index in [0.717, 1.165) is 0 Å². The third kappa shape index (κ3) is 1.77. The monoisotopic (exact) mass is 215 g/mol. The molecule has 0 aliphatic heterocycles. The quantitative estimate of drug-likeness (QED) is 0.669. The number of methoxy groups -OCH3 is 1. The van der Waals surface area contributed by atoms with Crippen molar-refractivity contribution >= 4 is 21.9 Å². The molecule has 0 unspecified atom stereocenters. The van der Waals surface area contributed by atoms with Gasteiger partial charge in [-0.2, -0.15) is 0 Å². The average Bonchev–Trinajstić information content (AvgIpc) is 2.04. The molecule has 58 valence electrons. The summed E-state index contributed by atoms with van der Waals surface area (Å²) in [4.78, 5) is 14.7. The number of pyridine rings is 1. The lowest BCUT2D eigenvalue weighted by Gasteiger charge is -1.99. The predicted molar refractivity (Wildman–Crippen MR) is 43.3 cm³/mol. The Kier molecular flexibility index (Phi) is 2.59. The number of esters is 1. The summed E-state index contributed by atoms with van der Waals surface area (Å²) < 4.78 is 5.20. The van der Waals surface area contributed by atoms with Gasteiger partial charge in [-0.1, -0.05) is 0 Å². The highest BCUT2D eigenvalue weighted by molar-refractivity contribution is 9.10. The van der Waals surface area contributed by atoms with Crippen LogP contribution in [0.15, 0.2) is 22.9 Å². The average molecular weight is 216 g/mol. The van der Waals surface area contributed by atoms with Crippen LogP contribution in [0.4, 0.5) is 0 Å². The van der Waals surface area contributed by atoms with Gasteiger partial charge in [0.05, 0.1) is 12.7 Å². The van der Waals surface area contributed by atoms with E-state index in [1.807, 2.05) is 0 Å². The van der Waals surface area contributed by atoms with Crippen molar-refractivity contribution in [2.75, 3.05) is 7.11 Å². The van der Waals surface area contributed by atoms with Crippen LogP contribution in [0, 0.1) is 0 Å². The summed E-state index contributed by atoms with van der Waals surface area (Å²) in [6.45, 7) is 0. The van der Waals surface area contributed by atoms with Crippen LogP contribution in [0.2, 0.25) is 0 Å². The molecule has 0 amide bonds. The SMILES string of the molecule is COC(=O)c1cnccc1Br. The van der Waals surface area contributed by atoms with Crippen molar-refractivity contribution in [1.29, 1.82) is 0 Å². The van der Waals surface area contributed by atoms with Crippen LogP contribution >= 0.6 is 15.9 Å². The van der Waals surface area contributed by atoms with Crippen LogP contribution < -0.4 is 0 Å². The van der Waals surface area contributed by atoms with E-state index >= 15 is 0 Å². The fourth-order valence-corrected chi connectivity index (χ4v) is 1.02. The van der Waals surface area contributed by atoms with Crippen LogP contribution in [-0.2, 0) is 4.74 Å². The van der Waals surface area contributed by atoms with Crippen molar-refractivity contribution in [3.05, 3.63) is 28.5 Å². The minimum absolute atomic E-state index is 0.384. The van der Waals surface area contributed by atoms with E-state index in [-0.39, 0.29) is 5.97 Å². The summed E-state index contributed by atoms with van der Waals surface area (Å²) >= 11 is 3.20. The fourth-order valence-electron chi connectivity index (χ4n) is 0.638. The van der Waals surface area contributed by atoms with E-state index in [1.165, 1.54) is 13.3 Å². The highest BCUT2D eigenvalue weighted by Gasteiger charge is 2.08. The Bertz CT molecular complexity index is 275. The Labute approximate surface area is 72.5 Å². The van der Waals surface area contributed by atoms with Crippen LogP contribution in [-0.4, -0.2) is 18.1 Å². The second-order valence-electron chi connectivity index (χ2n) is 1.85. The number of rotatable bonds is 1. The molecular formula is C7H6BrNO2. The molecule has 1 aromatic rings. The Hall–Kier alpha value is -0.900. The molecule has 1 rings (SSSR count). The first-order valence-electron chi connectivity index (χ1n) is 2.93. The molecule has 0 saturated carbocycles. The summed E-state index contributed by atoms with van der Waals surface area (Å²) in [6.07, 6.45) is 3.05. The zero-order valence-electron chi connectivity index (χ0n) is 5.87. The van der Waals surface area contributed by atoms with Crippen LogP contribution in [0.1, 0.15) is 10.4 Å². The number of ether oxygens (including phenoxy) is 1. The van der Waals surface area contributed by atoms with Gasteiger partial charge in [-0.25, -0.2) is 4.79 Å². The largest absolute Gasteiger partial charge is 0.465 e. The van der Waals surface area contributed by atoms with Gasteiger partial charge in [0.25, 0.3) is 0 Å². The van der Waals surface area contributed by atoms with Crippen LogP contribution in [0.25, 0.3) is 0 Å². The number of hydrogen-bond acceptors (Lipinski definition) is 3. The molecule has 1 heterocycles. The van der Waals surface area contributed by atoms with Gasteiger partial charge >= 0.3 is 5.97 Å². The molecule has 3 nitrogen and oxygen atoms in total. The zero-order valence-corrected chi connectivity index (χ0v) is 7.46. The topological polar surface area (TPSA) is 39.2 Å².